The molecule has 0 aliphatic rings. The molecule has 0 bridgehead atoms. The van der Waals surface area contributed by atoms with Crippen molar-refractivity contribution in [3.05, 3.63) is 21.9 Å². The van der Waals surface area contributed by atoms with Gasteiger partial charge in [-0.25, -0.2) is 0 Å². The van der Waals surface area contributed by atoms with Gasteiger partial charge in [-0.2, -0.15) is 0 Å². The summed E-state index contributed by atoms with van der Waals surface area (Å²) in [6.07, 6.45) is -0.310. The quantitative estimate of drug-likeness (QED) is 0.728. The van der Waals surface area contributed by atoms with Crippen LogP contribution in [0.4, 0.5) is 0 Å². The second kappa shape index (κ2) is 4.57. The Hall–Kier alpha value is -0.420. The van der Waals surface area contributed by atoms with Crippen molar-refractivity contribution in [2.75, 3.05) is 14.2 Å². The summed E-state index contributed by atoms with van der Waals surface area (Å²) < 4.78 is 10.1. The molecule has 0 saturated carbocycles. The van der Waals surface area contributed by atoms with E-state index in [2.05, 4.69) is 0 Å². The minimum atomic E-state index is -0.310. The fourth-order valence-corrected chi connectivity index (χ4v) is 1.86. The molecule has 0 fully saturated rings. The molecule has 0 unspecified atom stereocenters. The highest BCUT2D eigenvalue weighted by atomic mass is 32.1. The van der Waals surface area contributed by atoms with Crippen LogP contribution in [0.15, 0.2) is 12.1 Å². The lowest BCUT2D eigenvalue weighted by atomic mass is 10.4. The molecule has 1 aromatic rings. The fourth-order valence-electron chi connectivity index (χ4n) is 0.935. The standard InChI is InChI=1S/C8H12O3S/c1-10-8(11-2)7-4-3-6(5-9)12-7/h3-4,8-9H,5H2,1-2H3. The Morgan fingerprint density at radius 1 is 1.42 bits per heavy atom. The maximum absolute atomic E-state index is 8.81. The van der Waals surface area contributed by atoms with Crippen LogP contribution in [0.5, 0.6) is 0 Å². The van der Waals surface area contributed by atoms with Gasteiger partial charge in [-0.3, -0.25) is 0 Å². The zero-order chi connectivity index (χ0) is 8.97. The van der Waals surface area contributed by atoms with Crippen LogP contribution in [0, 0.1) is 0 Å². The lowest BCUT2D eigenvalue weighted by Crippen LogP contribution is -2.00. The van der Waals surface area contributed by atoms with Crippen LogP contribution in [0.1, 0.15) is 16.0 Å². The average molecular weight is 188 g/mol. The molecule has 0 aliphatic heterocycles. The molecular formula is C8H12O3S. The van der Waals surface area contributed by atoms with Crippen molar-refractivity contribution < 1.29 is 14.6 Å². The minimum absolute atomic E-state index is 0.0742. The van der Waals surface area contributed by atoms with Gasteiger partial charge in [0.05, 0.1) is 11.5 Å². The van der Waals surface area contributed by atoms with Gasteiger partial charge in [0.1, 0.15) is 0 Å². The van der Waals surface area contributed by atoms with E-state index in [9.17, 15) is 0 Å². The van der Waals surface area contributed by atoms with Gasteiger partial charge in [-0.05, 0) is 12.1 Å². The zero-order valence-electron chi connectivity index (χ0n) is 7.11. The van der Waals surface area contributed by atoms with Crippen LogP contribution in [-0.2, 0) is 16.1 Å². The van der Waals surface area contributed by atoms with Gasteiger partial charge < -0.3 is 14.6 Å². The summed E-state index contributed by atoms with van der Waals surface area (Å²) in [5.74, 6) is 0. The van der Waals surface area contributed by atoms with Crippen molar-refractivity contribution in [2.24, 2.45) is 0 Å². The average Bonchev–Trinajstić information content (AvgIpc) is 2.55. The number of thiophene rings is 1. The van der Waals surface area contributed by atoms with Crippen LogP contribution < -0.4 is 0 Å². The molecule has 0 atom stereocenters. The molecule has 0 spiro atoms. The molecule has 1 heterocycles. The highest BCUT2D eigenvalue weighted by molar-refractivity contribution is 7.12. The summed E-state index contributed by atoms with van der Waals surface area (Å²) in [5.41, 5.74) is 0. The summed E-state index contributed by atoms with van der Waals surface area (Å²) in [6.45, 7) is 0.0742. The van der Waals surface area contributed by atoms with E-state index in [1.54, 1.807) is 14.2 Å². The smallest absolute Gasteiger partial charge is 0.192 e. The van der Waals surface area contributed by atoms with Crippen LogP contribution in [0.3, 0.4) is 0 Å². The summed E-state index contributed by atoms with van der Waals surface area (Å²) in [4.78, 5) is 1.90. The van der Waals surface area contributed by atoms with E-state index < -0.39 is 0 Å². The first-order valence-electron chi connectivity index (χ1n) is 3.57. The maximum Gasteiger partial charge on any atom is 0.192 e. The summed E-state index contributed by atoms with van der Waals surface area (Å²) >= 11 is 1.49. The van der Waals surface area contributed by atoms with Crippen molar-refractivity contribution in [3.63, 3.8) is 0 Å². The minimum Gasteiger partial charge on any atom is -0.391 e. The van der Waals surface area contributed by atoms with Gasteiger partial charge in [0.2, 0.25) is 0 Å². The molecule has 0 saturated heterocycles. The van der Waals surface area contributed by atoms with E-state index in [4.69, 9.17) is 14.6 Å². The first-order chi connectivity index (χ1) is 5.81. The normalized spacial score (nSPS) is 11.0. The Morgan fingerprint density at radius 3 is 2.50 bits per heavy atom. The molecule has 1 rings (SSSR count). The molecule has 3 nitrogen and oxygen atoms in total. The van der Waals surface area contributed by atoms with Crippen molar-refractivity contribution in [3.8, 4) is 0 Å². The number of hydrogen-bond donors (Lipinski definition) is 1. The third-order valence-corrected chi connectivity index (χ3v) is 2.59. The maximum atomic E-state index is 8.81. The summed E-state index contributed by atoms with van der Waals surface area (Å²) in [6, 6.07) is 3.76. The number of aliphatic hydroxyl groups excluding tert-OH is 1. The molecular weight excluding hydrogens is 176 g/mol. The van der Waals surface area contributed by atoms with E-state index in [1.165, 1.54) is 11.3 Å². The number of aliphatic hydroxyl groups is 1. The number of rotatable bonds is 4. The number of methoxy groups -OCH3 is 2. The number of hydrogen-bond acceptors (Lipinski definition) is 4. The molecule has 4 heteroatoms. The topological polar surface area (TPSA) is 38.7 Å². The van der Waals surface area contributed by atoms with Crippen molar-refractivity contribution in [2.45, 2.75) is 12.9 Å². The van der Waals surface area contributed by atoms with E-state index >= 15 is 0 Å². The first-order valence-corrected chi connectivity index (χ1v) is 4.38. The molecule has 0 aromatic carbocycles. The van der Waals surface area contributed by atoms with Crippen LogP contribution >= 0.6 is 11.3 Å². The Kier molecular flexibility index (Phi) is 3.68. The van der Waals surface area contributed by atoms with Gasteiger partial charge in [0.25, 0.3) is 0 Å². The van der Waals surface area contributed by atoms with Crippen molar-refractivity contribution in [1.29, 1.82) is 0 Å². The number of ether oxygens (including phenoxy) is 2. The SMILES string of the molecule is COC(OC)c1ccc(CO)s1. The molecule has 1 N–H and O–H groups in total. The second-order valence-corrected chi connectivity index (χ2v) is 3.47. The molecule has 1 aromatic heterocycles. The van der Waals surface area contributed by atoms with Gasteiger partial charge in [-0.1, -0.05) is 0 Å². The molecule has 0 aliphatic carbocycles. The highest BCUT2D eigenvalue weighted by Crippen LogP contribution is 2.25. The van der Waals surface area contributed by atoms with Crippen LogP contribution in [0.2, 0.25) is 0 Å². The predicted molar refractivity (Wildman–Crippen MR) is 47.0 cm³/mol. The Morgan fingerprint density at radius 2 is 2.08 bits per heavy atom. The Bertz CT molecular complexity index is 230. The van der Waals surface area contributed by atoms with E-state index in [0.717, 1.165) is 9.75 Å². The lowest BCUT2D eigenvalue weighted by Gasteiger charge is -2.10. The van der Waals surface area contributed by atoms with E-state index in [1.807, 2.05) is 12.1 Å². The zero-order valence-corrected chi connectivity index (χ0v) is 7.93. The third kappa shape index (κ3) is 2.04. The largest absolute Gasteiger partial charge is 0.391 e. The predicted octanol–water partition coefficient (Wildman–Crippen LogP) is 1.53. The lowest BCUT2D eigenvalue weighted by molar-refractivity contribution is -0.103. The van der Waals surface area contributed by atoms with Crippen LogP contribution in [-0.4, -0.2) is 19.3 Å². The van der Waals surface area contributed by atoms with Gasteiger partial charge >= 0.3 is 0 Å². The first kappa shape index (κ1) is 9.67. The second-order valence-electron chi connectivity index (χ2n) is 2.27. The Balaban J connectivity index is 2.72. The fraction of sp³-hybridized carbons (Fsp3) is 0.500. The summed E-state index contributed by atoms with van der Waals surface area (Å²) in [5, 5.41) is 8.81. The summed E-state index contributed by atoms with van der Waals surface area (Å²) in [7, 11) is 3.18. The van der Waals surface area contributed by atoms with Gasteiger partial charge in [0.15, 0.2) is 6.29 Å². The molecule has 12 heavy (non-hydrogen) atoms. The highest BCUT2D eigenvalue weighted by Gasteiger charge is 2.10. The molecule has 0 radical (unpaired) electrons. The Labute approximate surface area is 75.6 Å². The monoisotopic (exact) mass is 188 g/mol. The van der Waals surface area contributed by atoms with Gasteiger partial charge in [0, 0.05) is 19.1 Å². The van der Waals surface area contributed by atoms with Crippen molar-refractivity contribution >= 4 is 11.3 Å². The third-order valence-electron chi connectivity index (χ3n) is 1.50. The van der Waals surface area contributed by atoms with Gasteiger partial charge in [-0.15, -0.1) is 11.3 Å². The molecule has 68 valence electrons. The van der Waals surface area contributed by atoms with Crippen molar-refractivity contribution in [1.82, 2.24) is 0 Å². The van der Waals surface area contributed by atoms with Crippen LogP contribution in [0.25, 0.3) is 0 Å². The molecule has 0 amide bonds. The van der Waals surface area contributed by atoms with E-state index in [-0.39, 0.29) is 12.9 Å². The van der Waals surface area contributed by atoms with E-state index in [0.29, 0.717) is 0 Å².